The Balaban J connectivity index is 1.90. The molecular formula is C15H15NO4S. The highest BCUT2D eigenvalue weighted by Gasteiger charge is 2.19. The van der Waals surface area contributed by atoms with Crippen molar-refractivity contribution in [2.75, 3.05) is 0 Å². The van der Waals surface area contributed by atoms with Gasteiger partial charge in [-0.05, 0) is 28.0 Å². The number of hydrogen-bond donors (Lipinski definition) is 2. The van der Waals surface area contributed by atoms with E-state index in [4.69, 9.17) is 9.84 Å². The van der Waals surface area contributed by atoms with E-state index in [1.54, 1.807) is 6.07 Å². The molecule has 0 fully saturated rings. The molecule has 0 bridgehead atoms. The maximum absolute atomic E-state index is 11.8. The highest BCUT2D eigenvalue weighted by atomic mass is 32.1. The van der Waals surface area contributed by atoms with Gasteiger partial charge in [0.05, 0.1) is 12.5 Å². The van der Waals surface area contributed by atoms with Crippen LogP contribution in [0.5, 0.6) is 0 Å². The van der Waals surface area contributed by atoms with Crippen molar-refractivity contribution in [1.29, 1.82) is 0 Å². The van der Waals surface area contributed by atoms with Crippen LogP contribution in [0, 0.1) is 0 Å². The Morgan fingerprint density at radius 2 is 2.00 bits per heavy atom. The molecule has 1 aromatic heterocycles. The lowest BCUT2D eigenvalue weighted by Crippen LogP contribution is -2.30. The van der Waals surface area contributed by atoms with Gasteiger partial charge in [-0.2, -0.15) is 11.3 Å². The number of benzene rings is 1. The standard InChI is InChI=1S/C15H15NO4S/c17-14(18)8-13(12-6-7-21-10-12)16-15(19)20-9-11-4-2-1-3-5-11/h1-7,10,13H,8-9H2,(H,16,19)(H,17,18)/t13-/m1/s1. The Morgan fingerprint density at radius 1 is 1.24 bits per heavy atom. The number of alkyl carbamates (subject to hydrolysis) is 1. The van der Waals surface area contributed by atoms with Crippen molar-refractivity contribution >= 4 is 23.4 Å². The zero-order chi connectivity index (χ0) is 15.1. The van der Waals surface area contributed by atoms with E-state index in [9.17, 15) is 9.59 Å². The van der Waals surface area contributed by atoms with Crippen LogP contribution < -0.4 is 5.32 Å². The normalized spacial score (nSPS) is 11.6. The van der Waals surface area contributed by atoms with E-state index >= 15 is 0 Å². The number of carbonyl (C=O) groups excluding carboxylic acids is 1. The van der Waals surface area contributed by atoms with Crippen molar-refractivity contribution in [2.24, 2.45) is 0 Å². The van der Waals surface area contributed by atoms with Gasteiger partial charge in [-0.15, -0.1) is 0 Å². The Labute approximate surface area is 126 Å². The lowest BCUT2D eigenvalue weighted by atomic mass is 10.1. The molecule has 0 aliphatic rings. The van der Waals surface area contributed by atoms with Crippen molar-refractivity contribution in [3.8, 4) is 0 Å². The lowest BCUT2D eigenvalue weighted by molar-refractivity contribution is -0.137. The summed E-state index contributed by atoms with van der Waals surface area (Å²) in [7, 11) is 0. The largest absolute Gasteiger partial charge is 0.481 e. The number of aliphatic carboxylic acids is 1. The quantitative estimate of drug-likeness (QED) is 0.859. The van der Waals surface area contributed by atoms with Gasteiger partial charge in [0.15, 0.2) is 0 Å². The average molecular weight is 305 g/mol. The molecule has 2 aromatic rings. The molecule has 0 aliphatic heterocycles. The minimum atomic E-state index is -0.977. The molecule has 2 N–H and O–H groups in total. The molecule has 5 nitrogen and oxygen atoms in total. The van der Waals surface area contributed by atoms with Crippen LogP contribution >= 0.6 is 11.3 Å². The van der Waals surface area contributed by atoms with Crippen molar-refractivity contribution in [1.82, 2.24) is 5.32 Å². The Morgan fingerprint density at radius 3 is 2.62 bits per heavy atom. The summed E-state index contributed by atoms with van der Waals surface area (Å²) in [4.78, 5) is 22.7. The van der Waals surface area contributed by atoms with E-state index in [-0.39, 0.29) is 13.0 Å². The van der Waals surface area contributed by atoms with Crippen LogP contribution in [0.2, 0.25) is 0 Å². The highest BCUT2D eigenvalue weighted by molar-refractivity contribution is 7.08. The molecule has 1 atom stereocenters. The van der Waals surface area contributed by atoms with Gasteiger partial charge in [0, 0.05) is 0 Å². The molecule has 1 heterocycles. The van der Waals surface area contributed by atoms with Crippen molar-refractivity contribution < 1.29 is 19.4 Å². The van der Waals surface area contributed by atoms with Crippen LogP contribution in [0.3, 0.4) is 0 Å². The van der Waals surface area contributed by atoms with Gasteiger partial charge in [0.25, 0.3) is 0 Å². The minimum absolute atomic E-state index is 0.149. The zero-order valence-corrected chi connectivity index (χ0v) is 12.0. The maximum Gasteiger partial charge on any atom is 0.407 e. The lowest BCUT2D eigenvalue weighted by Gasteiger charge is -2.15. The molecule has 21 heavy (non-hydrogen) atoms. The third-order valence-electron chi connectivity index (χ3n) is 2.83. The number of ether oxygens (including phenoxy) is 1. The van der Waals surface area contributed by atoms with Crippen molar-refractivity contribution in [2.45, 2.75) is 19.1 Å². The van der Waals surface area contributed by atoms with Gasteiger partial charge in [-0.25, -0.2) is 4.79 Å². The van der Waals surface area contributed by atoms with Crippen LogP contribution in [-0.4, -0.2) is 17.2 Å². The van der Waals surface area contributed by atoms with E-state index in [2.05, 4.69) is 5.32 Å². The van der Waals surface area contributed by atoms with E-state index < -0.39 is 18.1 Å². The third kappa shape index (κ3) is 4.92. The maximum atomic E-state index is 11.8. The number of carboxylic acids is 1. The van der Waals surface area contributed by atoms with E-state index in [1.807, 2.05) is 41.1 Å². The number of hydrogen-bond acceptors (Lipinski definition) is 4. The van der Waals surface area contributed by atoms with Crippen LogP contribution in [0.15, 0.2) is 47.2 Å². The zero-order valence-electron chi connectivity index (χ0n) is 11.2. The van der Waals surface area contributed by atoms with E-state index in [0.29, 0.717) is 0 Å². The molecule has 0 radical (unpaired) electrons. The average Bonchev–Trinajstić information content (AvgIpc) is 2.99. The first-order valence-electron chi connectivity index (χ1n) is 6.36. The molecule has 1 aromatic carbocycles. The van der Waals surface area contributed by atoms with Gasteiger partial charge in [0.2, 0.25) is 0 Å². The second kappa shape index (κ2) is 7.44. The number of amides is 1. The number of thiophene rings is 1. The van der Waals surface area contributed by atoms with E-state index in [0.717, 1.165) is 11.1 Å². The SMILES string of the molecule is O=C(O)C[C@@H](NC(=O)OCc1ccccc1)c1ccsc1. The summed E-state index contributed by atoms with van der Waals surface area (Å²) in [5.41, 5.74) is 1.64. The number of carbonyl (C=O) groups is 2. The highest BCUT2D eigenvalue weighted by Crippen LogP contribution is 2.20. The summed E-state index contributed by atoms with van der Waals surface area (Å²) in [6, 6.07) is 10.5. The number of rotatable bonds is 6. The summed E-state index contributed by atoms with van der Waals surface area (Å²) < 4.78 is 5.10. The van der Waals surface area contributed by atoms with Gasteiger partial charge >= 0.3 is 12.1 Å². The third-order valence-corrected chi connectivity index (χ3v) is 3.53. The minimum Gasteiger partial charge on any atom is -0.481 e. The molecule has 2 rings (SSSR count). The predicted octanol–water partition coefficient (Wildman–Crippen LogP) is 3.19. The molecule has 110 valence electrons. The monoisotopic (exact) mass is 305 g/mol. The first kappa shape index (κ1) is 15.1. The molecule has 0 aliphatic carbocycles. The Hall–Kier alpha value is -2.34. The summed E-state index contributed by atoms with van der Waals surface area (Å²) in [5.74, 6) is -0.977. The summed E-state index contributed by atoms with van der Waals surface area (Å²) in [6.45, 7) is 0.149. The van der Waals surface area contributed by atoms with Crippen molar-refractivity contribution in [3.63, 3.8) is 0 Å². The topological polar surface area (TPSA) is 75.6 Å². The van der Waals surface area contributed by atoms with Crippen LogP contribution in [-0.2, 0) is 16.1 Å². The van der Waals surface area contributed by atoms with E-state index in [1.165, 1.54) is 11.3 Å². The van der Waals surface area contributed by atoms with Gasteiger partial charge < -0.3 is 15.2 Å². The fourth-order valence-corrected chi connectivity index (χ4v) is 2.52. The second-order valence-corrected chi connectivity index (χ2v) is 5.19. The number of carboxylic acid groups (broad SMARTS) is 1. The fourth-order valence-electron chi connectivity index (χ4n) is 1.81. The molecule has 6 heteroatoms. The van der Waals surface area contributed by atoms with Gasteiger partial charge in [0.1, 0.15) is 6.61 Å². The summed E-state index contributed by atoms with van der Waals surface area (Å²) >= 11 is 1.45. The fraction of sp³-hybridized carbons (Fsp3) is 0.200. The first-order valence-corrected chi connectivity index (χ1v) is 7.30. The van der Waals surface area contributed by atoms with Crippen LogP contribution in [0.25, 0.3) is 0 Å². The van der Waals surface area contributed by atoms with Crippen LogP contribution in [0.4, 0.5) is 4.79 Å². The number of nitrogens with one attached hydrogen (secondary N) is 1. The molecular weight excluding hydrogens is 290 g/mol. The molecule has 0 saturated heterocycles. The molecule has 1 amide bonds. The molecule has 0 spiro atoms. The smallest absolute Gasteiger partial charge is 0.407 e. The van der Waals surface area contributed by atoms with Gasteiger partial charge in [-0.3, -0.25) is 4.79 Å². The molecule has 0 saturated carbocycles. The molecule has 0 unspecified atom stereocenters. The second-order valence-electron chi connectivity index (χ2n) is 4.41. The summed E-state index contributed by atoms with van der Waals surface area (Å²) in [6.07, 6.45) is -0.812. The Kier molecular flexibility index (Phi) is 5.34. The van der Waals surface area contributed by atoms with Crippen LogP contribution in [0.1, 0.15) is 23.6 Å². The predicted molar refractivity (Wildman–Crippen MR) is 79.1 cm³/mol. The van der Waals surface area contributed by atoms with Crippen molar-refractivity contribution in [3.05, 3.63) is 58.3 Å². The summed E-state index contributed by atoms with van der Waals surface area (Å²) in [5, 5.41) is 15.1. The Bertz CT molecular complexity index is 583. The first-order chi connectivity index (χ1) is 10.1. The van der Waals surface area contributed by atoms with Gasteiger partial charge in [-0.1, -0.05) is 30.3 Å².